The number of hydrogen-bond donors (Lipinski definition) is 0. The predicted octanol–water partition coefficient (Wildman–Crippen LogP) is 9.54. The number of imidazole rings is 1. The van der Waals surface area contributed by atoms with Crippen molar-refractivity contribution in [3.63, 3.8) is 0 Å². The maximum absolute atomic E-state index is 4.98. The Labute approximate surface area is 193 Å². The minimum absolute atomic E-state index is 0. The van der Waals surface area contributed by atoms with E-state index in [-0.39, 0.29) is 12.4 Å². The van der Waals surface area contributed by atoms with Gasteiger partial charge in [-0.1, -0.05) is 116 Å². The average molecular weight is 437 g/mol. The highest BCUT2D eigenvalue weighted by molar-refractivity contribution is 5.85. The standard InChI is InChI=1S/C27H48N2.ClH/c1-3-7-11-15-19-25(20-16-12-8-4-1)27-28-23-24-29(27)26-21-17-13-9-5-2-6-10-14-18-22-26;/h23-26H,1-22H2;1H. The minimum Gasteiger partial charge on any atom is -0.332 e. The molecule has 0 bridgehead atoms. The largest absolute Gasteiger partial charge is 0.332 e. The zero-order valence-electron chi connectivity index (χ0n) is 19.7. The van der Waals surface area contributed by atoms with Crippen molar-refractivity contribution in [3.05, 3.63) is 18.2 Å². The molecule has 3 heteroatoms. The van der Waals surface area contributed by atoms with Crippen molar-refractivity contribution in [2.24, 2.45) is 0 Å². The first-order valence-electron chi connectivity index (χ1n) is 13.5. The molecule has 2 saturated carbocycles. The second-order valence-electron chi connectivity index (χ2n) is 10.1. The van der Waals surface area contributed by atoms with Crippen LogP contribution in [-0.4, -0.2) is 9.55 Å². The molecule has 30 heavy (non-hydrogen) atoms. The Morgan fingerprint density at radius 2 is 0.900 bits per heavy atom. The molecule has 174 valence electrons. The van der Waals surface area contributed by atoms with E-state index in [0.29, 0.717) is 12.0 Å². The monoisotopic (exact) mass is 436 g/mol. The maximum Gasteiger partial charge on any atom is 0.112 e. The smallest absolute Gasteiger partial charge is 0.112 e. The van der Waals surface area contributed by atoms with Gasteiger partial charge in [0.05, 0.1) is 0 Å². The van der Waals surface area contributed by atoms with Gasteiger partial charge in [0.1, 0.15) is 5.82 Å². The fourth-order valence-corrected chi connectivity index (χ4v) is 5.79. The molecule has 3 rings (SSSR count). The van der Waals surface area contributed by atoms with E-state index in [1.54, 1.807) is 0 Å². The van der Waals surface area contributed by atoms with Gasteiger partial charge in [0.25, 0.3) is 0 Å². The third-order valence-corrected chi connectivity index (χ3v) is 7.64. The van der Waals surface area contributed by atoms with Gasteiger partial charge in [0.15, 0.2) is 0 Å². The molecule has 0 radical (unpaired) electrons. The van der Waals surface area contributed by atoms with Crippen molar-refractivity contribution in [3.8, 4) is 0 Å². The highest BCUT2D eigenvalue weighted by Crippen LogP contribution is 2.33. The van der Waals surface area contributed by atoms with Crippen LogP contribution in [0, 0.1) is 0 Å². The first kappa shape index (κ1) is 25.8. The van der Waals surface area contributed by atoms with E-state index in [0.717, 1.165) is 0 Å². The molecule has 2 aliphatic carbocycles. The van der Waals surface area contributed by atoms with E-state index in [4.69, 9.17) is 4.98 Å². The Morgan fingerprint density at radius 3 is 1.33 bits per heavy atom. The molecule has 2 fully saturated rings. The molecule has 0 unspecified atom stereocenters. The lowest BCUT2D eigenvalue weighted by Gasteiger charge is -2.25. The zero-order chi connectivity index (χ0) is 20.0. The fraction of sp³-hybridized carbons (Fsp3) is 0.889. The molecule has 0 N–H and O–H groups in total. The molecule has 0 atom stereocenters. The van der Waals surface area contributed by atoms with Crippen LogP contribution >= 0.6 is 12.4 Å². The molecule has 2 nitrogen and oxygen atoms in total. The SMILES string of the molecule is Cl.c1cn(C2CCCCCCCCCCC2)c(C2CCCCCCCCCCC2)n1. The van der Waals surface area contributed by atoms with Crippen molar-refractivity contribution < 1.29 is 0 Å². The summed E-state index contributed by atoms with van der Waals surface area (Å²) in [6, 6.07) is 0.702. The summed E-state index contributed by atoms with van der Waals surface area (Å²) in [5.41, 5.74) is 0. The molecule has 0 aliphatic heterocycles. The third kappa shape index (κ3) is 9.33. The van der Waals surface area contributed by atoms with Gasteiger partial charge in [-0.3, -0.25) is 0 Å². The fourth-order valence-electron chi connectivity index (χ4n) is 5.79. The van der Waals surface area contributed by atoms with E-state index in [2.05, 4.69) is 17.0 Å². The summed E-state index contributed by atoms with van der Waals surface area (Å²) >= 11 is 0. The van der Waals surface area contributed by atoms with Crippen LogP contribution in [0.5, 0.6) is 0 Å². The summed E-state index contributed by atoms with van der Waals surface area (Å²) < 4.78 is 2.66. The van der Waals surface area contributed by atoms with Crippen LogP contribution in [0.3, 0.4) is 0 Å². The van der Waals surface area contributed by atoms with Gasteiger partial charge in [-0.2, -0.15) is 0 Å². The molecule has 2 aliphatic rings. The number of rotatable bonds is 2. The van der Waals surface area contributed by atoms with Gasteiger partial charge >= 0.3 is 0 Å². The van der Waals surface area contributed by atoms with Crippen LogP contribution in [0.4, 0.5) is 0 Å². The Bertz CT molecular complexity index is 458. The van der Waals surface area contributed by atoms with Gasteiger partial charge in [0.2, 0.25) is 0 Å². The Kier molecular flexibility index (Phi) is 13.9. The normalized spacial score (nSPS) is 23.2. The van der Waals surface area contributed by atoms with Crippen molar-refractivity contribution in [1.82, 2.24) is 9.55 Å². The number of halogens is 1. The highest BCUT2D eigenvalue weighted by Gasteiger charge is 2.21. The van der Waals surface area contributed by atoms with E-state index < -0.39 is 0 Å². The summed E-state index contributed by atoms with van der Waals surface area (Å²) in [6.07, 6.45) is 35.9. The lowest BCUT2D eigenvalue weighted by atomic mass is 9.91. The van der Waals surface area contributed by atoms with Gasteiger partial charge in [-0.15, -0.1) is 12.4 Å². The topological polar surface area (TPSA) is 17.8 Å². The lowest BCUT2D eigenvalue weighted by molar-refractivity contribution is 0.361. The average Bonchev–Trinajstić information content (AvgIpc) is 3.18. The second-order valence-corrected chi connectivity index (χ2v) is 10.1. The van der Waals surface area contributed by atoms with Crippen LogP contribution in [0.25, 0.3) is 0 Å². The summed E-state index contributed by atoms with van der Waals surface area (Å²) in [7, 11) is 0. The molecular formula is C27H49ClN2. The third-order valence-electron chi connectivity index (χ3n) is 7.64. The molecule has 0 saturated heterocycles. The Morgan fingerprint density at radius 1 is 0.533 bits per heavy atom. The van der Waals surface area contributed by atoms with Gasteiger partial charge in [-0.25, -0.2) is 4.98 Å². The van der Waals surface area contributed by atoms with E-state index in [1.807, 2.05) is 0 Å². The number of aromatic nitrogens is 2. The maximum atomic E-state index is 4.98. The summed E-state index contributed by atoms with van der Waals surface area (Å²) in [4.78, 5) is 4.98. The molecular weight excluding hydrogens is 388 g/mol. The van der Waals surface area contributed by atoms with Crippen LogP contribution < -0.4 is 0 Å². The summed E-state index contributed by atoms with van der Waals surface area (Å²) in [5, 5.41) is 0. The second kappa shape index (κ2) is 16.2. The van der Waals surface area contributed by atoms with Crippen LogP contribution in [0.1, 0.15) is 159 Å². The molecule has 0 aromatic carbocycles. The van der Waals surface area contributed by atoms with E-state index in [1.165, 1.54) is 147 Å². The Balaban J connectivity index is 0.00000320. The lowest BCUT2D eigenvalue weighted by Crippen LogP contribution is -2.16. The van der Waals surface area contributed by atoms with Gasteiger partial charge in [0, 0.05) is 24.4 Å². The summed E-state index contributed by atoms with van der Waals surface area (Å²) in [5.74, 6) is 2.14. The molecule has 0 amide bonds. The molecule has 1 aromatic rings. The quantitative estimate of drug-likeness (QED) is 0.451. The van der Waals surface area contributed by atoms with Crippen molar-refractivity contribution in [2.45, 2.75) is 153 Å². The first-order valence-corrected chi connectivity index (χ1v) is 13.5. The van der Waals surface area contributed by atoms with Gasteiger partial charge in [-0.05, 0) is 25.7 Å². The van der Waals surface area contributed by atoms with Crippen LogP contribution in [-0.2, 0) is 0 Å². The van der Waals surface area contributed by atoms with Crippen molar-refractivity contribution in [1.29, 1.82) is 0 Å². The number of hydrogen-bond acceptors (Lipinski definition) is 1. The summed E-state index contributed by atoms with van der Waals surface area (Å²) in [6.45, 7) is 0. The van der Waals surface area contributed by atoms with Crippen molar-refractivity contribution >= 4 is 12.4 Å². The Hall–Kier alpha value is -0.500. The van der Waals surface area contributed by atoms with Crippen LogP contribution in [0.2, 0.25) is 0 Å². The molecule has 1 aromatic heterocycles. The highest BCUT2D eigenvalue weighted by atomic mass is 35.5. The zero-order valence-corrected chi connectivity index (χ0v) is 20.5. The van der Waals surface area contributed by atoms with Crippen molar-refractivity contribution in [2.75, 3.05) is 0 Å². The van der Waals surface area contributed by atoms with E-state index >= 15 is 0 Å². The van der Waals surface area contributed by atoms with Gasteiger partial charge < -0.3 is 4.57 Å². The number of nitrogens with zero attached hydrogens (tertiary/aromatic N) is 2. The molecule has 1 heterocycles. The predicted molar refractivity (Wildman–Crippen MR) is 133 cm³/mol. The molecule has 0 spiro atoms. The van der Waals surface area contributed by atoms with Crippen LogP contribution in [0.15, 0.2) is 12.4 Å². The minimum atomic E-state index is 0. The van der Waals surface area contributed by atoms with E-state index in [9.17, 15) is 0 Å². The first-order chi connectivity index (χ1) is 14.4.